The lowest BCUT2D eigenvalue weighted by Gasteiger charge is -2.31. The van der Waals surface area contributed by atoms with Crippen molar-refractivity contribution in [2.75, 3.05) is 0 Å². The Morgan fingerprint density at radius 1 is 1.00 bits per heavy atom. The van der Waals surface area contributed by atoms with Gasteiger partial charge in [-0.1, -0.05) is 44.5 Å². The van der Waals surface area contributed by atoms with E-state index in [1.54, 1.807) is 0 Å². The summed E-state index contributed by atoms with van der Waals surface area (Å²) < 4.78 is 0. The monoisotopic (exact) mass is 272 g/mol. The Bertz CT molecular complexity index is 472. The Morgan fingerprint density at radius 3 is 2.50 bits per heavy atom. The van der Waals surface area contributed by atoms with Crippen LogP contribution >= 0.6 is 0 Å². The Hall–Kier alpha value is -0.820. The Balaban J connectivity index is 1.83. The van der Waals surface area contributed by atoms with Crippen LogP contribution in [-0.4, -0.2) is 5.11 Å². The van der Waals surface area contributed by atoms with Crippen molar-refractivity contribution in [2.24, 2.45) is 5.41 Å². The molecular weight excluding hydrogens is 244 g/mol. The van der Waals surface area contributed by atoms with Crippen LogP contribution in [0, 0.1) is 5.41 Å². The minimum atomic E-state index is -0.590. The largest absolute Gasteiger partial charge is 0.385 e. The lowest BCUT2D eigenvalue weighted by molar-refractivity contribution is 0.0179. The lowest BCUT2D eigenvalue weighted by atomic mass is 9.77. The Kier molecular flexibility index (Phi) is 3.66. The van der Waals surface area contributed by atoms with Gasteiger partial charge in [-0.15, -0.1) is 0 Å². The van der Waals surface area contributed by atoms with E-state index in [-0.39, 0.29) is 0 Å². The molecule has 0 heterocycles. The molecule has 1 atom stereocenters. The van der Waals surface area contributed by atoms with Crippen molar-refractivity contribution in [1.82, 2.24) is 0 Å². The van der Waals surface area contributed by atoms with E-state index >= 15 is 0 Å². The summed E-state index contributed by atoms with van der Waals surface area (Å²) >= 11 is 0. The molecule has 2 saturated carbocycles. The molecule has 1 aromatic rings. The SMILES string of the molecule is CC1(C)CCCC(O)(c2cccc(C3CCC3)c2)CC1. The van der Waals surface area contributed by atoms with Crippen LogP contribution in [0.5, 0.6) is 0 Å². The number of benzene rings is 1. The van der Waals surface area contributed by atoms with Gasteiger partial charge in [0.25, 0.3) is 0 Å². The first-order chi connectivity index (χ1) is 9.49. The van der Waals surface area contributed by atoms with E-state index < -0.39 is 5.60 Å². The molecule has 2 aliphatic carbocycles. The van der Waals surface area contributed by atoms with Gasteiger partial charge in [0.15, 0.2) is 0 Å². The fourth-order valence-corrected chi connectivity index (χ4v) is 3.77. The molecule has 110 valence electrons. The highest BCUT2D eigenvalue weighted by Crippen LogP contribution is 2.44. The van der Waals surface area contributed by atoms with Crippen molar-refractivity contribution in [3.63, 3.8) is 0 Å². The molecule has 2 fully saturated rings. The van der Waals surface area contributed by atoms with Crippen molar-refractivity contribution >= 4 is 0 Å². The molecule has 0 aromatic heterocycles. The summed E-state index contributed by atoms with van der Waals surface area (Å²) in [6.07, 6.45) is 9.35. The second-order valence-electron chi connectivity index (χ2n) is 7.80. The predicted molar refractivity (Wildman–Crippen MR) is 83.8 cm³/mol. The molecule has 0 radical (unpaired) electrons. The summed E-state index contributed by atoms with van der Waals surface area (Å²) in [7, 11) is 0. The van der Waals surface area contributed by atoms with Gasteiger partial charge in [0.2, 0.25) is 0 Å². The van der Waals surface area contributed by atoms with E-state index in [4.69, 9.17) is 0 Å². The zero-order chi connectivity index (χ0) is 14.2. The maximum atomic E-state index is 11.2. The number of rotatable bonds is 2. The van der Waals surface area contributed by atoms with E-state index in [1.807, 2.05) is 0 Å². The number of hydrogen-bond donors (Lipinski definition) is 1. The summed E-state index contributed by atoms with van der Waals surface area (Å²) in [5, 5.41) is 11.2. The average molecular weight is 272 g/mol. The highest BCUT2D eigenvalue weighted by atomic mass is 16.3. The minimum Gasteiger partial charge on any atom is -0.385 e. The third kappa shape index (κ3) is 2.79. The molecular formula is C19H28O. The van der Waals surface area contributed by atoms with E-state index in [2.05, 4.69) is 38.1 Å². The summed E-state index contributed by atoms with van der Waals surface area (Å²) in [6, 6.07) is 8.83. The Morgan fingerprint density at radius 2 is 1.80 bits per heavy atom. The van der Waals surface area contributed by atoms with E-state index in [0.29, 0.717) is 5.41 Å². The zero-order valence-electron chi connectivity index (χ0n) is 13.0. The van der Waals surface area contributed by atoms with Crippen molar-refractivity contribution < 1.29 is 5.11 Å². The van der Waals surface area contributed by atoms with E-state index in [9.17, 15) is 5.11 Å². The van der Waals surface area contributed by atoms with Crippen LogP contribution in [0.3, 0.4) is 0 Å². The van der Waals surface area contributed by atoms with Crippen LogP contribution in [0.25, 0.3) is 0 Å². The number of aliphatic hydroxyl groups is 1. The Labute approximate surface area is 123 Å². The van der Waals surface area contributed by atoms with Crippen LogP contribution in [0.15, 0.2) is 24.3 Å². The van der Waals surface area contributed by atoms with Gasteiger partial charge in [-0.2, -0.15) is 0 Å². The summed E-state index contributed by atoms with van der Waals surface area (Å²) in [5.74, 6) is 0.751. The third-order valence-corrected chi connectivity index (χ3v) is 5.66. The first-order valence-electron chi connectivity index (χ1n) is 8.31. The molecule has 20 heavy (non-hydrogen) atoms. The average Bonchev–Trinajstić information content (AvgIpc) is 2.48. The molecule has 0 amide bonds. The second kappa shape index (κ2) is 5.18. The highest BCUT2D eigenvalue weighted by molar-refractivity contribution is 5.31. The molecule has 0 saturated heterocycles. The quantitative estimate of drug-likeness (QED) is 0.740. The topological polar surface area (TPSA) is 20.2 Å². The van der Waals surface area contributed by atoms with Crippen molar-refractivity contribution in [3.8, 4) is 0 Å². The molecule has 1 N–H and O–H groups in total. The van der Waals surface area contributed by atoms with Gasteiger partial charge in [0.05, 0.1) is 5.60 Å². The molecule has 0 aliphatic heterocycles. The maximum absolute atomic E-state index is 11.2. The lowest BCUT2D eigenvalue weighted by Crippen LogP contribution is -2.25. The third-order valence-electron chi connectivity index (χ3n) is 5.66. The second-order valence-corrected chi connectivity index (χ2v) is 7.80. The van der Waals surface area contributed by atoms with Crippen molar-refractivity contribution in [2.45, 2.75) is 76.7 Å². The van der Waals surface area contributed by atoms with Gasteiger partial charge < -0.3 is 5.11 Å². The van der Waals surface area contributed by atoms with Crippen LogP contribution in [0.4, 0.5) is 0 Å². The molecule has 1 aromatic carbocycles. The van der Waals surface area contributed by atoms with Crippen LogP contribution in [-0.2, 0) is 5.60 Å². The zero-order valence-corrected chi connectivity index (χ0v) is 13.0. The number of hydrogen-bond acceptors (Lipinski definition) is 1. The van der Waals surface area contributed by atoms with Crippen molar-refractivity contribution in [3.05, 3.63) is 35.4 Å². The molecule has 0 bridgehead atoms. The van der Waals surface area contributed by atoms with Gasteiger partial charge in [0.1, 0.15) is 0 Å². The van der Waals surface area contributed by atoms with Crippen LogP contribution in [0.1, 0.15) is 82.3 Å². The molecule has 1 unspecified atom stereocenters. The van der Waals surface area contributed by atoms with Gasteiger partial charge >= 0.3 is 0 Å². The standard InChI is InChI=1S/C19H28O/c1-18(2)10-5-11-19(20,13-12-18)17-9-4-8-16(14-17)15-6-3-7-15/h4,8-9,14-15,20H,3,5-7,10-13H2,1-2H3. The first kappa shape index (κ1) is 14.1. The minimum absolute atomic E-state index is 0.385. The molecule has 3 rings (SSSR count). The molecule has 1 nitrogen and oxygen atoms in total. The normalized spacial score (nSPS) is 30.6. The van der Waals surface area contributed by atoms with Gasteiger partial charge in [-0.05, 0) is 67.4 Å². The summed E-state index contributed by atoms with van der Waals surface area (Å²) in [5.41, 5.74) is 2.41. The maximum Gasteiger partial charge on any atom is 0.0896 e. The van der Waals surface area contributed by atoms with Crippen LogP contribution < -0.4 is 0 Å². The fraction of sp³-hybridized carbons (Fsp3) is 0.684. The highest BCUT2D eigenvalue weighted by Gasteiger charge is 2.35. The molecule has 0 spiro atoms. The van der Waals surface area contributed by atoms with E-state index in [1.165, 1.54) is 36.8 Å². The van der Waals surface area contributed by atoms with E-state index in [0.717, 1.165) is 31.6 Å². The van der Waals surface area contributed by atoms with Crippen LogP contribution in [0.2, 0.25) is 0 Å². The fourth-order valence-electron chi connectivity index (χ4n) is 3.77. The molecule has 2 aliphatic rings. The summed E-state index contributed by atoms with van der Waals surface area (Å²) in [4.78, 5) is 0. The van der Waals surface area contributed by atoms with Gasteiger partial charge in [-0.3, -0.25) is 0 Å². The first-order valence-corrected chi connectivity index (χ1v) is 8.31. The molecule has 1 heteroatoms. The smallest absolute Gasteiger partial charge is 0.0896 e. The van der Waals surface area contributed by atoms with Crippen molar-refractivity contribution in [1.29, 1.82) is 0 Å². The summed E-state index contributed by atoms with van der Waals surface area (Å²) in [6.45, 7) is 4.67. The van der Waals surface area contributed by atoms with Gasteiger partial charge in [-0.25, -0.2) is 0 Å². The van der Waals surface area contributed by atoms with Gasteiger partial charge in [0, 0.05) is 0 Å². The predicted octanol–water partition coefficient (Wildman–Crippen LogP) is 5.13.